The highest BCUT2D eigenvalue weighted by atomic mass is 32.2. The highest BCUT2D eigenvalue weighted by Crippen LogP contribution is 2.28. The fourth-order valence-corrected chi connectivity index (χ4v) is 4.10. The van der Waals surface area contributed by atoms with Crippen molar-refractivity contribution in [1.29, 1.82) is 0 Å². The second-order valence-corrected chi connectivity index (χ2v) is 7.02. The number of rotatable bonds is 5. The number of ether oxygens (including phenoxy) is 1. The molecule has 1 saturated heterocycles. The first kappa shape index (κ1) is 14.7. The van der Waals surface area contributed by atoms with Crippen molar-refractivity contribution >= 4 is 11.8 Å². The first-order valence-corrected chi connectivity index (χ1v) is 9.01. The normalized spacial score (nSPS) is 37.7. The van der Waals surface area contributed by atoms with E-state index in [4.69, 9.17) is 4.74 Å². The van der Waals surface area contributed by atoms with Crippen molar-refractivity contribution in [3.8, 4) is 0 Å². The summed E-state index contributed by atoms with van der Waals surface area (Å²) >= 11 is 2.05. The summed E-state index contributed by atoms with van der Waals surface area (Å²) in [7, 11) is 0. The predicted molar refractivity (Wildman–Crippen MR) is 80.4 cm³/mol. The second kappa shape index (κ2) is 7.76. The van der Waals surface area contributed by atoms with Gasteiger partial charge in [0.15, 0.2) is 0 Å². The third-order valence-corrected chi connectivity index (χ3v) is 5.59. The van der Waals surface area contributed by atoms with Crippen molar-refractivity contribution in [1.82, 2.24) is 5.32 Å². The molecule has 2 aliphatic rings. The number of thioether (sulfide) groups is 1. The molecule has 0 radical (unpaired) electrons. The Labute approximate surface area is 117 Å². The van der Waals surface area contributed by atoms with Gasteiger partial charge in [-0.25, -0.2) is 0 Å². The maximum absolute atomic E-state index is 5.83. The number of hydrogen-bond acceptors (Lipinski definition) is 3. The van der Waals surface area contributed by atoms with Crippen LogP contribution in [-0.2, 0) is 4.74 Å². The van der Waals surface area contributed by atoms with Gasteiger partial charge in [0.05, 0.1) is 6.10 Å². The SMILES string of the molecule is CCCC1CC(NC2CCC(SC)CC2)CCO1. The van der Waals surface area contributed by atoms with Gasteiger partial charge in [-0.3, -0.25) is 0 Å². The fraction of sp³-hybridized carbons (Fsp3) is 1.00. The summed E-state index contributed by atoms with van der Waals surface area (Å²) in [5, 5.41) is 4.82. The smallest absolute Gasteiger partial charge is 0.0589 e. The standard InChI is InChI=1S/C15H29NOS/c1-3-4-14-11-13(9-10-17-14)16-12-5-7-15(18-2)8-6-12/h12-16H,3-11H2,1-2H3. The lowest BCUT2D eigenvalue weighted by molar-refractivity contribution is -0.00570. The van der Waals surface area contributed by atoms with Gasteiger partial charge in [0.25, 0.3) is 0 Å². The van der Waals surface area contributed by atoms with Crippen LogP contribution in [-0.4, -0.2) is 36.3 Å². The average Bonchev–Trinajstić information content (AvgIpc) is 2.40. The summed E-state index contributed by atoms with van der Waals surface area (Å²) in [6, 6.07) is 1.49. The van der Waals surface area contributed by atoms with Crippen molar-refractivity contribution in [3.05, 3.63) is 0 Å². The van der Waals surface area contributed by atoms with E-state index in [1.54, 1.807) is 0 Å². The van der Waals surface area contributed by atoms with Gasteiger partial charge in [0, 0.05) is 23.9 Å². The van der Waals surface area contributed by atoms with Gasteiger partial charge >= 0.3 is 0 Å². The summed E-state index contributed by atoms with van der Waals surface area (Å²) in [6.07, 6.45) is 13.3. The summed E-state index contributed by atoms with van der Waals surface area (Å²) in [5.74, 6) is 0. The van der Waals surface area contributed by atoms with Crippen LogP contribution < -0.4 is 5.32 Å². The second-order valence-electron chi connectivity index (χ2n) is 5.88. The zero-order valence-corrected chi connectivity index (χ0v) is 12.8. The Hall–Kier alpha value is 0.270. The van der Waals surface area contributed by atoms with Crippen LogP contribution in [0.1, 0.15) is 58.3 Å². The molecule has 2 fully saturated rings. The molecule has 2 unspecified atom stereocenters. The van der Waals surface area contributed by atoms with Gasteiger partial charge in [-0.05, 0) is 51.2 Å². The zero-order chi connectivity index (χ0) is 12.8. The van der Waals surface area contributed by atoms with Gasteiger partial charge in [-0.1, -0.05) is 13.3 Å². The first-order valence-electron chi connectivity index (χ1n) is 7.72. The van der Waals surface area contributed by atoms with E-state index in [9.17, 15) is 0 Å². The fourth-order valence-electron chi connectivity index (χ4n) is 3.35. The van der Waals surface area contributed by atoms with Gasteiger partial charge in [-0.2, -0.15) is 11.8 Å². The molecular weight excluding hydrogens is 242 g/mol. The lowest BCUT2D eigenvalue weighted by atomic mass is 9.92. The van der Waals surface area contributed by atoms with Crippen LogP contribution in [0.3, 0.4) is 0 Å². The van der Waals surface area contributed by atoms with Crippen molar-refractivity contribution in [3.63, 3.8) is 0 Å². The molecule has 1 saturated carbocycles. The molecule has 1 aliphatic carbocycles. The predicted octanol–water partition coefficient (Wildman–Crippen LogP) is 3.60. The van der Waals surface area contributed by atoms with Crippen molar-refractivity contribution in [2.24, 2.45) is 0 Å². The molecule has 0 aromatic heterocycles. The third-order valence-electron chi connectivity index (χ3n) is 4.46. The van der Waals surface area contributed by atoms with Crippen LogP contribution in [0.4, 0.5) is 0 Å². The summed E-state index contributed by atoms with van der Waals surface area (Å²) in [6.45, 7) is 3.21. The molecule has 1 heterocycles. The zero-order valence-electron chi connectivity index (χ0n) is 12.0. The maximum Gasteiger partial charge on any atom is 0.0589 e. The van der Waals surface area contributed by atoms with Crippen LogP contribution in [0.15, 0.2) is 0 Å². The minimum Gasteiger partial charge on any atom is -0.378 e. The first-order chi connectivity index (χ1) is 8.81. The Morgan fingerprint density at radius 2 is 1.89 bits per heavy atom. The van der Waals surface area contributed by atoms with Gasteiger partial charge < -0.3 is 10.1 Å². The molecular formula is C15H29NOS. The lowest BCUT2D eigenvalue weighted by Crippen LogP contribution is -2.45. The van der Waals surface area contributed by atoms with Crippen molar-refractivity contribution in [2.75, 3.05) is 12.9 Å². The third kappa shape index (κ3) is 4.43. The lowest BCUT2D eigenvalue weighted by Gasteiger charge is -2.35. The molecule has 0 aromatic rings. The largest absolute Gasteiger partial charge is 0.378 e. The highest BCUT2D eigenvalue weighted by Gasteiger charge is 2.26. The molecule has 18 heavy (non-hydrogen) atoms. The van der Waals surface area contributed by atoms with Crippen LogP contribution in [0, 0.1) is 0 Å². The Morgan fingerprint density at radius 3 is 2.56 bits per heavy atom. The summed E-state index contributed by atoms with van der Waals surface area (Å²) in [4.78, 5) is 0. The Kier molecular flexibility index (Phi) is 6.33. The minimum absolute atomic E-state index is 0.517. The number of nitrogens with one attached hydrogen (secondary N) is 1. The molecule has 0 spiro atoms. The van der Waals surface area contributed by atoms with Crippen LogP contribution in [0.25, 0.3) is 0 Å². The van der Waals surface area contributed by atoms with E-state index in [-0.39, 0.29) is 0 Å². The van der Waals surface area contributed by atoms with E-state index >= 15 is 0 Å². The van der Waals surface area contributed by atoms with Crippen LogP contribution in [0.2, 0.25) is 0 Å². The molecule has 1 N–H and O–H groups in total. The molecule has 0 amide bonds. The van der Waals surface area contributed by atoms with Crippen molar-refractivity contribution in [2.45, 2.75) is 81.7 Å². The topological polar surface area (TPSA) is 21.3 Å². The molecule has 0 bridgehead atoms. The Bertz CT molecular complexity index is 227. The molecule has 0 aromatic carbocycles. The molecule has 2 rings (SSSR count). The maximum atomic E-state index is 5.83. The highest BCUT2D eigenvalue weighted by molar-refractivity contribution is 7.99. The number of hydrogen-bond donors (Lipinski definition) is 1. The monoisotopic (exact) mass is 271 g/mol. The van der Waals surface area contributed by atoms with Gasteiger partial charge in [0.2, 0.25) is 0 Å². The summed E-state index contributed by atoms with van der Waals surface area (Å²) < 4.78 is 5.83. The van der Waals surface area contributed by atoms with E-state index in [0.29, 0.717) is 12.1 Å². The molecule has 1 aliphatic heterocycles. The van der Waals surface area contributed by atoms with Gasteiger partial charge in [0.1, 0.15) is 0 Å². The average molecular weight is 271 g/mol. The van der Waals surface area contributed by atoms with Crippen LogP contribution >= 0.6 is 11.8 Å². The van der Waals surface area contributed by atoms with E-state index in [1.165, 1.54) is 51.4 Å². The summed E-state index contributed by atoms with van der Waals surface area (Å²) in [5.41, 5.74) is 0. The van der Waals surface area contributed by atoms with Crippen LogP contribution in [0.5, 0.6) is 0 Å². The van der Waals surface area contributed by atoms with E-state index in [0.717, 1.165) is 17.9 Å². The quantitative estimate of drug-likeness (QED) is 0.825. The molecule has 2 nitrogen and oxygen atoms in total. The van der Waals surface area contributed by atoms with E-state index in [1.807, 2.05) is 0 Å². The van der Waals surface area contributed by atoms with Crippen molar-refractivity contribution < 1.29 is 4.74 Å². The molecule has 3 heteroatoms. The molecule has 2 atom stereocenters. The Balaban J connectivity index is 1.69. The van der Waals surface area contributed by atoms with E-state index < -0.39 is 0 Å². The molecule has 106 valence electrons. The Morgan fingerprint density at radius 1 is 1.11 bits per heavy atom. The van der Waals surface area contributed by atoms with E-state index in [2.05, 4.69) is 30.3 Å². The van der Waals surface area contributed by atoms with Gasteiger partial charge in [-0.15, -0.1) is 0 Å². The minimum atomic E-state index is 0.517.